The molecule has 2 saturated carbocycles. The number of hydrogen-bond donors (Lipinski definition) is 2. The fourth-order valence-corrected chi connectivity index (χ4v) is 5.91. The van der Waals surface area contributed by atoms with Gasteiger partial charge in [-0.15, -0.1) is 0 Å². The second-order valence-electron chi connectivity index (χ2n) is 9.36. The van der Waals surface area contributed by atoms with Crippen LogP contribution in [0.15, 0.2) is 24.0 Å². The maximum Gasteiger partial charge on any atom is 0.342 e. The molecule has 0 amide bonds. The van der Waals surface area contributed by atoms with E-state index in [9.17, 15) is 19.5 Å². The molecule has 2 N–H and O–H groups in total. The van der Waals surface area contributed by atoms with E-state index in [0.29, 0.717) is 17.9 Å². The van der Waals surface area contributed by atoms with Gasteiger partial charge in [-0.2, -0.15) is 0 Å². The van der Waals surface area contributed by atoms with Crippen LogP contribution in [-0.4, -0.2) is 40.8 Å². The van der Waals surface area contributed by atoms with Crippen molar-refractivity contribution in [2.75, 3.05) is 6.61 Å². The highest BCUT2D eigenvalue weighted by molar-refractivity contribution is 5.94. The summed E-state index contributed by atoms with van der Waals surface area (Å²) in [5, 5.41) is 19.2. The molecule has 166 valence electrons. The zero-order chi connectivity index (χ0) is 21.9. The third kappa shape index (κ3) is 4.31. The van der Waals surface area contributed by atoms with Crippen LogP contribution < -0.4 is 0 Å². The molecule has 0 spiro atoms. The average molecular weight is 421 g/mol. The van der Waals surface area contributed by atoms with Crippen LogP contribution in [0.4, 0.5) is 0 Å². The summed E-state index contributed by atoms with van der Waals surface area (Å²) in [6.07, 6.45) is 9.51. The molecule has 0 aromatic rings. The van der Waals surface area contributed by atoms with Gasteiger partial charge >= 0.3 is 17.9 Å². The van der Waals surface area contributed by atoms with Crippen molar-refractivity contribution in [2.45, 2.75) is 71.3 Å². The minimum atomic E-state index is -1.03. The molecule has 1 unspecified atom stereocenters. The highest BCUT2D eigenvalue weighted by Crippen LogP contribution is 2.61. The van der Waals surface area contributed by atoms with E-state index < -0.39 is 23.5 Å². The first kappa shape index (κ1) is 22.5. The number of aliphatic carboxylic acids is 1. The molecule has 1 heterocycles. The SMILES string of the molecule is C[C@]1(CO)C2CCC[C@H](C/C=C3\C=COC3=O)[C@]2(C)CC[C@H]1OC(=O)CCC(=O)O. The van der Waals surface area contributed by atoms with E-state index in [-0.39, 0.29) is 36.8 Å². The van der Waals surface area contributed by atoms with E-state index in [1.54, 1.807) is 6.08 Å². The minimum absolute atomic E-state index is 0.0387. The molecule has 1 aliphatic heterocycles. The average Bonchev–Trinajstić information content (AvgIpc) is 3.12. The quantitative estimate of drug-likeness (QED) is 0.480. The highest BCUT2D eigenvalue weighted by Gasteiger charge is 2.58. The topological polar surface area (TPSA) is 110 Å². The van der Waals surface area contributed by atoms with E-state index in [1.165, 1.54) is 6.26 Å². The van der Waals surface area contributed by atoms with Crippen LogP contribution in [0.1, 0.15) is 65.2 Å². The molecule has 3 aliphatic rings. The Hall–Kier alpha value is -2.15. The molecule has 3 rings (SSSR count). The van der Waals surface area contributed by atoms with Crippen molar-refractivity contribution in [3.63, 3.8) is 0 Å². The predicted octanol–water partition coefficient (Wildman–Crippen LogP) is 3.37. The Morgan fingerprint density at radius 3 is 2.67 bits per heavy atom. The Bertz CT molecular complexity index is 755. The Balaban J connectivity index is 1.75. The first-order chi connectivity index (χ1) is 14.2. The molecule has 5 atom stereocenters. The van der Waals surface area contributed by atoms with Crippen molar-refractivity contribution in [1.82, 2.24) is 0 Å². The molecule has 0 aromatic carbocycles. The molecule has 0 saturated heterocycles. The van der Waals surface area contributed by atoms with E-state index in [1.807, 2.05) is 13.0 Å². The summed E-state index contributed by atoms with van der Waals surface area (Å²) in [4.78, 5) is 34.6. The molecule has 2 fully saturated rings. The summed E-state index contributed by atoms with van der Waals surface area (Å²) in [5.41, 5.74) is -0.0287. The number of fused-ring (bicyclic) bond motifs is 1. The lowest BCUT2D eigenvalue weighted by atomic mass is 9.47. The van der Waals surface area contributed by atoms with Crippen LogP contribution in [0, 0.1) is 22.7 Å². The fraction of sp³-hybridized carbons (Fsp3) is 0.696. The van der Waals surface area contributed by atoms with Crippen LogP contribution in [0.2, 0.25) is 0 Å². The van der Waals surface area contributed by atoms with Gasteiger partial charge < -0.3 is 19.7 Å². The summed E-state index contributed by atoms with van der Waals surface area (Å²) >= 11 is 0. The third-order valence-electron chi connectivity index (χ3n) is 7.69. The van der Waals surface area contributed by atoms with Crippen LogP contribution in [0.25, 0.3) is 0 Å². The fourth-order valence-electron chi connectivity index (χ4n) is 5.91. The number of carboxylic acid groups (broad SMARTS) is 1. The number of aliphatic hydroxyl groups is 1. The predicted molar refractivity (Wildman–Crippen MR) is 108 cm³/mol. The number of carbonyl (C=O) groups is 3. The van der Waals surface area contributed by atoms with Crippen LogP contribution in [0.3, 0.4) is 0 Å². The molecule has 30 heavy (non-hydrogen) atoms. The number of hydrogen-bond acceptors (Lipinski definition) is 6. The zero-order valence-electron chi connectivity index (χ0n) is 17.8. The standard InChI is InChI=1S/C23H32O7/c1-22-12-10-18(30-20(27)9-8-19(25)26)23(2,14-24)17(22)5-3-4-16(22)7-6-15-11-13-29-21(15)28/h6,11,13,16-18,24H,3-5,7-10,12,14H2,1-2H3,(H,25,26)/b15-6+/t16-,17?,18-,22+,23+/m1/s1. The lowest BCUT2D eigenvalue weighted by molar-refractivity contribution is -0.191. The van der Waals surface area contributed by atoms with Gasteiger partial charge in [-0.05, 0) is 55.4 Å². The second kappa shape index (κ2) is 8.92. The Labute approximate surface area is 177 Å². The molecule has 7 nitrogen and oxygen atoms in total. The monoisotopic (exact) mass is 420 g/mol. The van der Waals surface area contributed by atoms with Crippen LogP contribution in [-0.2, 0) is 23.9 Å². The van der Waals surface area contributed by atoms with Crippen molar-refractivity contribution in [2.24, 2.45) is 22.7 Å². The van der Waals surface area contributed by atoms with Gasteiger partial charge in [0, 0.05) is 5.41 Å². The zero-order valence-corrected chi connectivity index (χ0v) is 17.8. The smallest absolute Gasteiger partial charge is 0.342 e. The maximum atomic E-state index is 12.2. The molecule has 7 heteroatoms. The Morgan fingerprint density at radius 2 is 2.03 bits per heavy atom. The van der Waals surface area contributed by atoms with E-state index in [0.717, 1.165) is 32.1 Å². The molecular formula is C23H32O7. The number of allylic oxidation sites excluding steroid dienone is 1. The molecule has 0 radical (unpaired) electrons. The van der Waals surface area contributed by atoms with Crippen molar-refractivity contribution >= 4 is 17.9 Å². The lowest BCUT2D eigenvalue weighted by Crippen LogP contribution is -2.58. The summed E-state index contributed by atoms with van der Waals surface area (Å²) in [6, 6.07) is 0. The van der Waals surface area contributed by atoms with Gasteiger partial charge in [0.25, 0.3) is 0 Å². The Kier molecular flexibility index (Phi) is 6.70. The molecule has 0 bridgehead atoms. The number of ether oxygens (including phenoxy) is 2. The van der Waals surface area contributed by atoms with Gasteiger partial charge in [0.15, 0.2) is 0 Å². The van der Waals surface area contributed by atoms with Gasteiger partial charge in [0.1, 0.15) is 6.10 Å². The number of cyclic esters (lactones) is 1. The van der Waals surface area contributed by atoms with Crippen LogP contribution in [0.5, 0.6) is 0 Å². The largest absolute Gasteiger partial charge is 0.481 e. The molecular weight excluding hydrogens is 388 g/mol. The van der Waals surface area contributed by atoms with Gasteiger partial charge in [-0.3, -0.25) is 9.59 Å². The van der Waals surface area contributed by atoms with E-state index in [2.05, 4.69) is 6.92 Å². The summed E-state index contributed by atoms with van der Waals surface area (Å²) in [5.74, 6) is -1.33. The Morgan fingerprint density at radius 1 is 1.27 bits per heavy atom. The van der Waals surface area contributed by atoms with Gasteiger partial charge in [0.2, 0.25) is 0 Å². The van der Waals surface area contributed by atoms with Crippen LogP contribution >= 0.6 is 0 Å². The third-order valence-corrected chi connectivity index (χ3v) is 7.69. The second-order valence-corrected chi connectivity index (χ2v) is 9.36. The summed E-state index contributed by atoms with van der Waals surface area (Å²) < 4.78 is 10.6. The van der Waals surface area contributed by atoms with Crippen molar-refractivity contribution in [1.29, 1.82) is 0 Å². The number of carbonyl (C=O) groups excluding carboxylic acids is 2. The maximum absolute atomic E-state index is 12.2. The number of aliphatic hydroxyl groups excluding tert-OH is 1. The molecule has 2 aliphatic carbocycles. The van der Waals surface area contributed by atoms with E-state index in [4.69, 9.17) is 14.6 Å². The van der Waals surface area contributed by atoms with Gasteiger partial charge in [-0.1, -0.05) is 26.3 Å². The first-order valence-electron chi connectivity index (χ1n) is 10.8. The van der Waals surface area contributed by atoms with Crippen molar-refractivity contribution < 1.29 is 34.1 Å². The highest BCUT2D eigenvalue weighted by atomic mass is 16.5. The first-order valence-corrected chi connectivity index (χ1v) is 10.8. The molecule has 0 aromatic heterocycles. The number of carboxylic acids is 1. The summed E-state index contributed by atoms with van der Waals surface area (Å²) in [7, 11) is 0. The summed E-state index contributed by atoms with van der Waals surface area (Å²) in [6.45, 7) is 4.16. The number of esters is 2. The normalized spacial score (nSPS) is 37.0. The van der Waals surface area contributed by atoms with Crippen molar-refractivity contribution in [3.8, 4) is 0 Å². The number of rotatable bonds is 7. The minimum Gasteiger partial charge on any atom is -0.481 e. The van der Waals surface area contributed by atoms with Crippen molar-refractivity contribution in [3.05, 3.63) is 24.0 Å². The van der Waals surface area contributed by atoms with Gasteiger partial charge in [-0.25, -0.2) is 4.79 Å². The lowest BCUT2D eigenvalue weighted by Gasteiger charge is -2.59. The van der Waals surface area contributed by atoms with Gasteiger partial charge in [0.05, 0.1) is 31.3 Å². The van der Waals surface area contributed by atoms with E-state index >= 15 is 0 Å².